The van der Waals surface area contributed by atoms with Gasteiger partial charge in [0.15, 0.2) is 0 Å². The van der Waals surface area contributed by atoms with Crippen molar-refractivity contribution in [2.75, 3.05) is 18.5 Å². The van der Waals surface area contributed by atoms with Crippen LogP contribution < -0.4 is 15.8 Å². The number of aromatic nitrogens is 3. The van der Waals surface area contributed by atoms with Crippen LogP contribution in [0, 0.1) is 0 Å². The summed E-state index contributed by atoms with van der Waals surface area (Å²) in [6.07, 6.45) is 3.25. The molecule has 2 aliphatic rings. The van der Waals surface area contributed by atoms with E-state index in [1.165, 1.54) is 0 Å². The van der Waals surface area contributed by atoms with Gasteiger partial charge in [-0.15, -0.1) is 0 Å². The Hall–Kier alpha value is -3.30. The van der Waals surface area contributed by atoms with Gasteiger partial charge < -0.3 is 25.3 Å². The molecule has 33 heavy (non-hydrogen) atoms. The van der Waals surface area contributed by atoms with E-state index in [0.29, 0.717) is 36.3 Å². The van der Waals surface area contributed by atoms with E-state index >= 15 is 0 Å². The fourth-order valence-corrected chi connectivity index (χ4v) is 3.98. The number of anilines is 2. The van der Waals surface area contributed by atoms with Crippen LogP contribution in [-0.2, 0) is 15.0 Å². The van der Waals surface area contributed by atoms with Crippen molar-refractivity contribution in [3.05, 3.63) is 47.4 Å². The first kappa shape index (κ1) is 21.5. The molecule has 3 aromatic heterocycles. The highest BCUT2D eigenvalue weighted by molar-refractivity contribution is 5.93. The summed E-state index contributed by atoms with van der Waals surface area (Å²) in [5.74, 6) is 1.36. The van der Waals surface area contributed by atoms with Gasteiger partial charge in [-0.05, 0) is 49.9 Å². The summed E-state index contributed by atoms with van der Waals surface area (Å²) in [6.45, 7) is 8.84. The normalized spacial score (nSPS) is 20.7. The predicted molar refractivity (Wildman–Crippen MR) is 123 cm³/mol. The van der Waals surface area contributed by atoms with Crippen molar-refractivity contribution in [3.8, 4) is 5.88 Å². The molecule has 0 radical (unpaired) electrons. The first-order chi connectivity index (χ1) is 15.7. The Labute approximate surface area is 191 Å². The topological polar surface area (TPSA) is 121 Å². The highest BCUT2D eigenvalue weighted by Crippen LogP contribution is 2.34. The second kappa shape index (κ2) is 7.93. The zero-order valence-electron chi connectivity index (χ0n) is 19.1. The van der Waals surface area contributed by atoms with Crippen molar-refractivity contribution >= 4 is 28.4 Å². The van der Waals surface area contributed by atoms with E-state index < -0.39 is 5.54 Å². The minimum absolute atomic E-state index is 0.00470. The molecule has 0 bridgehead atoms. The van der Waals surface area contributed by atoms with Gasteiger partial charge in [0.2, 0.25) is 5.88 Å². The lowest BCUT2D eigenvalue weighted by atomic mass is 9.93. The highest BCUT2D eigenvalue weighted by Gasteiger charge is 2.31. The number of rotatable bonds is 5. The zero-order chi connectivity index (χ0) is 23.3. The Balaban J connectivity index is 1.52. The van der Waals surface area contributed by atoms with Gasteiger partial charge >= 0.3 is 5.97 Å². The van der Waals surface area contributed by atoms with Crippen LogP contribution in [0.5, 0.6) is 5.88 Å². The first-order valence-electron chi connectivity index (χ1n) is 11.0. The number of hydrogen-bond donors (Lipinski definition) is 2. The van der Waals surface area contributed by atoms with Crippen molar-refractivity contribution in [2.24, 2.45) is 5.73 Å². The first-order valence-corrected chi connectivity index (χ1v) is 11.0. The maximum atomic E-state index is 12.2. The standard InChI is InChI=1S/C24H27N5O4/c1-12-13(2)32-23(30)15-5-6-19(29-21(12)15)28-20-7-16-17(8-26-20)22(33-14-10-31-11-14)27-9-18(16)24(3,4)25/h5-9,12-14H,10-11,25H2,1-4H3,(H,26,28,29)/t12-,13-/m0/s1. The average molecular weight is 450 g/mol. The lowest BCUT2D eigenvalue weighted by Crippen LogP contribution is -2.39. The van der Waals surface area contributed by atoms with Crippen molar-refractivity contribution in [2.45, 2.75) is 51.4 Å². The van der Waals surface area contributed by atoms with E-state index in [1.807, 2.05) is 33.8 Å². The molecule has 9 nitrogen and oxygen atoms in total. The molecule has 0 saturated carbocycles. The number of carbonyl (C=O) groups excluding carboxylic acids is 1. The van der Waals surface area contributed by atoms with Gasteiger partial charge in [0.1, 0.15) is 23.8 Å². The molecule has 9 heteroatoms. The lowest BCUT2D eigenvalue weighted by molar-refractivity contribution is -0.0807. The number of esters is 1. The summed E-state index contributed by atoms with van der Waals surface area (Å²) in [5.41, 5.74) is 7.92. The average Bonchev–Trinajstić information content (AvgIpc) is 2.73. The molecule has 5 rings (SSSR count). The Morgan fingerprint density at radius 3 is 2.61 bits per heavy atom. The fraction of sp³-hybridized carbons (Fsp3) is 0.417. The van der Waals surface area contributed by atoms with Crippen molar-refractivity contribution in [3.63, 3.8) is 0 Å². The predicted octanol–water partition coefficient (Wildman–Crippen LogP) is 3.40. The third-order valence-electron chi connectivity index (χ3n) is 6.14. The van der Waals surface area contributed by atoms with Crippen molar-refractivity contribution in [1.29, 1.82) is 0 Å². The molecule has 3 aromatic rings. The minimum atomic E-state index is -0.613. The fourth-order valence-electron chi connectivity index (χ4n) is 3.98. The van der Waals surface area contributed by atoms with E-state index in [-0.39, 0.29) is 24.1 Å². The summed E-state index contributed by atoms with van der Waals surface area (Å²) in [4.78, 5) is 25.9. The number of cyclic esters (lactones) is 1. The van der Waals surface area contributed by atoms with Gasteiger partial charge in [0.25, 0.3) is 0 Å². The molecule has 1 fully saturated rings. The van der Waals surface area contributed by atoms with E-state index in [2.05, 4.69) is 20.3 Å². The van der Waals surface area contributed by atoms with E-state index in [0.717, 1.165) is 22.0 Å². The Kier molecular flexibility index (Phi) is 5.18. The molecule has 2 atom stereocenters. The lowest BCUT2D eigenvalue weighted by Gasteiger charge is -2.28. The van der Waals surface area contributed by atoms with E-state index in [1.54, 1.807) is 24.5 Å². The van der Waals surface area contributed by atoms with Crippen LogP contribution in [0.2, 0.25) is 0 Å². The number of nitrogens with two attached hydrogens (primary N) is 1. The van der Waals surface area contributed by atoms with Gasteiger partial charge in [-0.25, -0.2) is 19.7 Å². The number of fused-ring (bicyclic) bond motifs is 2. The molecule has 0 aliphatic carbocycles. The van der Waals surface area contributed by atoms with Crippen molar-refractivity contribution in [1.82, 2.24) is 15.0 Å². The Morgan fingerprint density at radius 1 is 1.12 bits per heavy atom. The monoisotopic (exact) mass is 449 g/mol. The van der Waals surface area contributed by atoms with Gasteiger partial charge in [0, 0.05) is 23.9 Å². The summed E-state index contributed by atoms with van der Waals surface area (Å²) < 4.78 is 16.6. The Bertz CT molecular complexity index is 1240. The number of nitrogens with one attached hydrogen (secondary N) is 1. The molecule has 0 amide bonds. The second-order valence-corrected chi connectivity index (χ2v) is 9.24. The van der Waals surface area contributed by atoms with Gasteiger partial charge in [-0.3, -0.25) is 0 Å². The summed E-state index contributed by atoms with van der Waals surface area (Å²) in [6, 6.07) is 5.41. The highest BCUT2D eigenvalue weighted by atomic mass is 16.6. The third-order valence-corrected chi connectivity index (χ3v) is 6.14. The van der Waals surface area contributed by atoms with Gasteiger partial charge in [-0.2, -0.15) is 0 Å². The van der Waals surface area contributed by atoms with Crippen molar-refractivity contribution < 1.29 is 19.0 Å². The van der Waals surface area contributed by atoms with Crippen LogP contribution >= 0.6 is 0 Å². The van der Waals surface area contributed by atoms with E-state index in [9.17, 15) is 4.79 Å². The van der Waals surface area contributed by atoms with Crippen LogP contribution in [0.3, 0.4) is 0 Å². The SMILES string of the molecule is C[C@@H]1OC(=O)c2ccc(Nc3cc4c(C(C)(C)N)cnc(OC5COC5)c4cn3)nc2[C@H]1C. The number of carbonyl (C=O) groups is 1. The van der Waals surface area contributed by atoms with Crippen LogP contribution in [0.4, 0.5) is 11.6 Å². The summed E-state index contributed by atoms with van der Waals surface area (Å²) in [7, 11) is 0. The number of hydrogen-bond acceptors (Lipinski definition) is 9. The maximum absolute atomic E-state index is 12.2. The van der Waals surface area contributed by atoms with Crippen LogP contribution in [0.1, 0.15) is 55.2 Å². The van der Waals surface area contributed by atoms with E-state index in [4.69, 9.17) is 19.9 Å². The molecule has 172 valence electrons. The number of pyridine rings is 3. The van der Waals surface area contributed by atoms with Crippen LogP contribution in [0.25, 0.3) is 10.8 Å². The third kappa shape index (κ3) is 3.98. The summed E-state index contributed by atoms with van der Waals surface area (Å²) in [5, 5.41) is 4.94. The molecule has 3 N–H and O–H groups in total. The quantitative estimate of drug-likeness (QED) is 0.564. The number of ether oxygens (including phenoxy) is 3. The number of nitrogens with zero attached hydrogens (tertiary/aromatic N) is 3. The van der Waals surface area contributed by atoms with Gasteiger partial charge in [-0.1, -0.05) is 6.92 Å². The molecule has 0 spiro atoms. The molecule has 1 saturated heterocycles. The molecular weight excluding hydrogens is 422 g/mol. The summed E-state index contributed by atoms with van der Waals surface area (Å²) >= 11 is 0. The molecule has 0 unspecified atom stereocenters. The molecule has 0 aromatic carbocycles. The molecule has 2 aliphatic heterocycles. The Morgan fingerprint density at radius 2 is 1.91 bits per heavy atom. The maximum Gasteiger partial charge on any atom is 0.340 e. The molecule has 5 heterocycles. The van der Waals surface area contributed by atoms with Crippen LogP contribution in [0.15, 0.2) is 30.6 Å². The zero-order valence-corrected chi connectivity index (χ0v) is 19.1. The minimum Gasteiger partial charge on any atom is -0.469 e. The van der Waals surface area contributed by atoms with Gasteiger partial charge in [0.05, 0.1) is 29.9 Å². The second-order valence-electron chi connectivity index (χ2n) is 9.24. The largest absolute Gasteiger partial charge is 0.469 e. The molecular formula is C24H27N5O4. The smallest absolute Gasteiger partial charge is 0.340 e. The van der Waals surface area contributed by atoms with Crippen LogP contribution in [-0.4, -0.2) is 46.3 Å².